The Morgan fingerprint density at radius 2 is 1.12 bits per heavy atom. The standard InChI is InChI=1S/C55H37BN2/c1-55(2)44-23-12-11-20-41(44)51-45(55)33-49-53-52(51)43-22-13-21-42-50-40-19-10-9-18-37(40)26-31-48(50)58(54(42)43)56(53)46-32-38(35-16-7-4-8-17-35)27-30-47(46)57(49)39-28-24-36(25-29-39)34-14-5-3-6-15-34/h3-33H,1-2H3. The number of benzene rings is 9. The average Bonchev–Trinajstić information content (AvgIpc) is 3.74. The molecule has 0 spiro atoms. The van der Waals surface area contributed by atoms with Crippen LogP contribution in [0.15, 0.2) is 188 Å². The van der Waals surface area contributed by atoms with Gasteiger partial charge in [0.2, 0.25) is 0 Å². The number of rotatable bonds is 3. The van der Waals surface area contributed by atoms with Crippen LogP contribution in [0.3, 0.4) is 0 Å². The van der Waals surface area contributed by atoms with E-state index >= 15 is 0 Å². The molecule has 0 fully saturated rings. The van der Waals surface area contributed by atoms with E-state index in [1.54, 1.807) is 0 Å². The van der Waals surface area contributed by atoms with E-state index in [1.807, 2.05) is 0 Å². The number of para-hydroxylation sites is 1. The zero-order valence-corrected chi connectivity index (χ0v) is 32.4. The van der Waals surface area contributed by atoms with Crippen molar-refractivity contribution in [3.05, 3.63) is 199 Å². The number of nitrogens with zero attached hydrogens (tertiary/aromatic N) is 2. The van der Waals surface area contributed by atoms with Crippen LogP contribution in [0.5, 0.6) is 0 Å². The molecule has 1 aromatic heterocycles. The summed E-state index contributed by atoms with van der Waals surface area (Å²) in [7, 11) is 0. The van der Waals surface area contributed by atoms with Gasteiger partial charge in [-0.15, -0.1) is 0 Å². The van der Waals surface area contributed by atoms with Crippen molar-refractivity contribution in [2.24, 2.45) is 0 Å². The largest absolute Gasteiger partial charge is 0.375 e. The van der Waals surface area contributed by atoms with E-state index in [-0.39, 0.29) is 12.3 Å². The Kier molecular flexibility index (Phi) is 6.35. The third kappa shape index (κ3) is 4.13. The summed E-state index contributed by atoms with van der Waals surface area (Å²) >= 11 is 0. The summed E-state index contributed by atoms with van der Waals surface area (Å²) in [5.74, 6) is 0. The minimum Gasteiger partial charge on any atom is -0.375 e. The van der Waals surface area contributed by atoms with E-state index in [4.69, 9.17) is 0 Å². The summed E-state index contributed by atoms with van der Waals surface area (Å²) in [6.07, 6.45) is 0. The van der Waals surface area contributed by atoms with Crippen LogP contribution >= 0.6 is 0 Å². The Bertz CT molecular complexity index is 3360. The van der Waals surface area contributed by atoms with Crippen molar-refractivity contribution in [2.75, 3.05) is 4.90 Å². The van der Waals surface area contributed by atoms with Crippen molar-refractivity contribution in [1.29, 1.82) is 0 Å². The minimum absolute atomic E-state index is 0.0549. The van der Waals surface area contributed by atoms with Crippen LogP contribution in [0.2, 0.25) is 0 Å². The van der Waals surface area contributed by atoms with Crippen LogP contribution in [0.25, 0.3) is 77.1 Å². The molecule has 0 N–H and O–H groups in total. The maximum absolute atomic E-state index is 2.71. The van der Waals surface area contributed by atoms with Gasteiger partial charge in [-0.05, 0) is 102 Å². The summed E-state index contributed by atoms with van der Waals surface area (Å²) < 4.78 is 2.71. The molecule has 10 aromatic rings. The average molecular weight is 737 g/mol. The normalized spacial score (nSPS) is 14.1. The lowest BCUT2D eigenvalue weighted by atomic mass is 9.44. The number of aromatic nitrogens is 1. The molecule has 0 amide bonds. The quantitative estimate of drug-likeness (QED) is 0.164. The zero-order chi connectivity index (χ0) is 38.3. The summed E-state index contributed by atoms with van der Waals surface area (Å²) in [5, 5.41) is 5.23. The first-order valence-corrected chi connectivity index (χ1v) is 20.5. The van der Waals surface area contributed by atoms with Gasteiger partial charge in [0.1, 0.15) is 0 Å². The molecule has 0 atom stereocenters. The molecule has 1 aliphatic carbocycles. The lowest BCUT2D eigenvalue weighted by Gasteiger charge is -2.42. The number of hydrogen-bond acceptors (Lipinski definition) is 1. The molecule has 58 heavy (non-hydrogen) atoms. The lowest BCUT2D eigenvalue weighted by Crippen LogP contribution is -2.57. The van der Waals surface area contributed by atoms with Crippen molar-refractivity contribution in [3.63, 3.8) is 0 Å². The summed E-state index contributed by atoms with van der Waals surface area (Å²) in [5.41, 5.74) is 21.9. The molecular weight excluding hydrogens is 699 g/mol. The fraction of sp³-hybridized carbons (Fsp3) is 0.0545. The van der Waals surface area contributed by atoms with Crippen LogP contribution in [0.1, 0.15) is 25.0 Å². The number of fused-ring (bicyclic) bond motifs is 13. The number of hydrogen-bond donors (Lipinski definition) is 0. The smallest absolute Gasteiger partial charge is 0.333 e. The predicted octanol–water partition coefficient (Wildman–Crippen LogP) is 13.0. The van der Waals surface area contributed by atoms with Gasteiger partial charge < -0.3 is 9.38 Å². The third-order valence-corrected chi connectivity index (χ3v) is 13.5. The van der Waals surface area contributed by atoms with E-state index in [0.717, 1.165) is 5.69 Å². The summed E-state index contributed by atoms with van der Waals surface area (Å²) in [4.78, 5) is 2.57. The lowest BCUT2D eigenvalue weighted by molar-refractivity contribution is 0.660. The van der Waals surface area contributed by atoms with Gasteiger partial charge in [-0.1, -0.05) is 172 Å². The molecule has 13 rings (SSSR count). The molecule has 0 bridgehead atoms. The third-order valence-electron chi connectivity index (χ3n) is 13.5. The summed E-state index contributed by atoms with van der Waals surface area (Å²) in [6.45, 7) is 4.78. The maximum Gasteiger partial charge on any atom is 0.333 e. The zero-order valence-electron chi connectivity index (χ0n) is 32.4. The predicted molar refractivity (Wildman–Crippen MR) is 246 cm³/mol. The van der Waals surface area contributed by atoms with Gasteiger partial charge in [0, 0.05) is 49.8 Å². The van der Waals surface area contributed by atoms with E-state index in [2.05, 4.69) is 211 Å². The molecule has 2 aliphatic heterocycles. The van der Waals surface area contributed by atoms with Gasteiger partial charge in [0.15, 0.2) is 0 Å². The number of anilines is 3. The highest BCUT2D eigenvalue weighted by molar-refractivity contribution is 6.90. The molecule has 270 valence electrons. The molecule has 3 heterocycles. The highest BCUT2D eigenvalue weighted by Gasteiger charge is 2.47. The first-order valence-electron chi connectivity index (χ1n) is 20.5. The van der Waals surface area contributed by atoms with E-state index in [9.17, 15) is 0 Å². The molecule has 0 saturated carbocycles. The van der Waals surface area contributed by atoms with Crippen molar-refractivity contribution in [2.45, 2.75) is 19.3 Å². The molecule has 2 nitrogen and oxygen atoms in total. The fourth-order valence-corrected chi connectivity index (χ4v) is 11.0. The van der Waals surface area contributed by atoms with Crippen LogP contribution in [-0.2, 0) is 5.41 Å². The molecule has 9 aromatic carbocycles. The molecule has 0 saturated heterocycles. The SMILES string of the molecule is CC1(C)c2ccccc2-c2c1cc1c3c2-c2cccc4c5c6ccccc6ccc5n(c24)B3c2cc(-c3ccccc3)ccc2N1c1ccc(-c2ccccc2)cc1. The monoisotopic (exact) mass is 736 g/mol. The molecular formula is C55H37BN2. The van der Waals surface area contributed by atoms with Crippen molar-refractivity contribution >= 4 is 67.4 Å². The van der Waals surface area contributed by atoms with Crippen LogP contribution in [-0.4, -0.2) is 11.3 Å². The Morgan fingerprint density at radius 1 is 0.466 bits per heavy atom. The Labute approximate surface area is 338 Å². The van der Waals surface area contributed by atoms with Crippen molar-refractivity contribution < 1.29 is 0 Å². The Hall–Kier alpha value is -7.10. The highest BCUT2D eigenvalue weighted by atomic mass is 15.2. The van der Waals surface area contributed by atoms with Gasteiger partial charge in [-0.2, -0.15) is 0 Å². The van der Waals surface area contributed by atoms with Gasteiger partial charge >= 0.3 is 6.85 Å². The first-order chi connectivity index (χ1) is 28.6. The van der Waals surface area contributed by atoms with Gasteiger partial charge in [-0.3, -0.25) is 0 Å². The second-order valence-electron chi connectivity index (χ2n) is 16.8. The highest BCUT2D eigenvalue weighted by Crippen LogP contribution is 2.57. The van der Waals surface area contributed by atoms with E-state index in [1.165, 1.54) is 111 Å². The second kappa shape index (κ2) is 11.5. The molecule has 3 heteroatoms. The van der Waals surface area contributed by atoms with Gasteiger partial charge in [-0.25, -0.2) is 0 Å². The topological polar surface area (TPSA) is 8.17 Å². The fourth-order valence-electron chi connectivity index (χ4n) is 11.0. The molecule has 0 radical (unpaired) electrons. The van der Waals surface area contributed by atoms with E-state index < -0.39 is 0 Å². The van der Waals surface area contributed by atoms with Crippen LogP contribution in [0, 0.1) is 0 Å². The second-order valence-corrected chi connectivity index (χ2v) is 16.8. The minimum atomic E-state index is -0.179. The van der Waals surface area contributed by atoms with Crippen molar-refractivity contribution in [1.82, 2.24) is 4.48 Å². The first kappa shape index (κ1) is 32.0. The van der Waals surface area contributed by atoms with Gasteiger partial charge in [0.05, 0.1) is 0 Å². The van der Waals surface area contributed by atoms with E-state index in [0.29, 0.717) is 0 Å². The van der Waals surface area contributed by atoms with Crippen molar-refractivity contribution in [3.8, 4) is 44.5 Å². The molecule has 0 unspecified atom stereocenters. The Morgan fingerprint density at radius 3 is 1.93 bits per heavy atom. The van der Waals surface area contributed by atoms with Gasteiger partial charge in [0.25, 0.3) is 0 Å². The summed E-state index contributed by atoms with van der Waals surface area (Å²) in [6, 6.07) is 70.4. The van der Waals surface area contributed by atoms with Crippen LogP contribution < -0.4 is 15.8 Å². The molecule has 3 aliphatic rings. The Balaban J connectivity index is 1.20. The van der Waals surface area contributed by atoms with Crippen LogP contribution in [0.4, 0.5) is 17.1 Å². The maximum atomic E-state index is 2.71.